The molecule has 0 aromatic heterocycles. The molecule has 0 bridgehead atoms. The van der Waals surface area contributed by atoms with E-state index in [1.165, 1.54) is 25.6 Å². The Balaban J connectivity index is 5.06. The van der Waals surface area contributed by atoms with Gasteiger partial charge in [0.25, 0.3) is 0 Å². The zero-order valence-corrected chi connectivity index (χ0v) is 18.4. The number of hydrogen-bond donors (Lipinski definition) is 6. The van der Waals surface area contributed by atoms with Crippen LogP contribution in [0.1, 0.15) is 40.5 Å². The number of carboxylic acids is 1. The van der Waals surface area contributed by atoms with Crippen LogP contribution in [0.2, 0.25) is 0 Å². The highest BCUT2D eigenvalue weighted by molar-refractivity contribution is 7.98. The molecule has 0 aliphatic rings. The number of rotatable bonds is 13. The fraction of sp³-hybridized carbons (Fsp3) is 0.778. The zero-order valence-electron chi connectivity index (χ0n) is 17.6. The first-order valence-corrected chi connectivity index (χ1v) is 10.9. The zero-order chi connectivity index (χ0) is 22.7. The van der Waals surface area contributed by atoms with E-state index in [0.29, 0.717) is 18.6 Å². The van der Waals surface area contributed by atoms with Crippen LogP contribution in [0.4, 0.5) is 0 Å². The first kappa shape index (κ1) is 27.1. The summed E-state index contributed by atoms with van der Waals surface area (Å²) < 4.78 is 0. The molecule has 0 saturated heterocycles. The Bertz CT molecular complexity index is 575. The monoisotopic (exact) mass is 434 g/mol. The number of nitrogens with two attached hydrogens (primary N) is 1. The Morgan fingerprint density at radius 2 is 1.59 bits per heavy atom. The van der Waals surface area contributed by atoms with Gasteiger partial charge in [0.2, 0.25) is 17.7 Å². The van der Waals surface area contributed by atoms with Gasteiger partial charge in [-0.3, -0.25) is 14.4 Å². The maximum atomic E-state index is 12.6. The van der Waals surface area contributed by atoms with Crippen molar-refractivity contribution in [2.45, 2.75) is 70.8 Å². The molecule has 10 nitrogen and oxygen atoms in total. The second kappa shape index (κ2) is 13.4. The number of hydrogen-bond acceptors (Lipinski definition) is 7. The SMILES string of the molecule is CCC(C)C(NC(=O)C(C)NC(=O)C(CCSC)NC(=O)C(N)C(C)O)C(=O)O. The van der Waals surface area contributed by atoms with E-state index >= 15 is 0 Å². The predicted octanol–water partition coefficient (Wildman–Crippen LogP) is -0.947. The topological polar surface area (TPSA) is 171 Å². The van der Waals surface area contributed by atoms with Crippen LogP contribution in [0.15, 0.2) is 0 Å². The number of carbonyl (C=O) groups excluding carboxylic acids is 3. The van der Waals surface area contributed by atoms with Crippen molar-refractivity contribution >= 4 is 35.5 Å². The van der Waals surface area contributed by atoms with Gasteiger partial charge in [0.1, 0.15) is 24.2 Å². The summed E-state index contributed by atoms with van der Waals surface area (Å²) in [5, 5.41) is 26.1. The molecule has 0 aliphatic heterocycles. The number of aliphatic carboxylic acids is 1. The van der Waals surface area contributed by atoms with Crippen molar-refractivity contribution in [1.29, 1.82) is 0 Å². The van der Waals surface area contributed by atoms with Gasteiger partial charge in [-0.2, -0.15) is 11.8 Å². The van der Waals surface area contributed by atoms with Gasteiger partial charge in [0.05, 0.1) is 6.10 Å². The molecule has 6 unspecified atom stereocenters. The summed E-state index contributed by atoms with van der Waals surface area (Å²) in [6, 6.07) is -4.21. The molecule has 0 aromatic rings. The van der Waals surface area contributed by atoms with Gasteiger partial charge in [0.15, 0.2) is 0 Å². The first-order chi connectivity index (χ1) is 13.5. The third-order valence-corrected chi connectivity index (χ3v) is 5.24. The van der Waals surface area contributed by atoms with Gasteiger partial charge >= 0.3 is 5.97 Å². The minimum Gasteiger partial charge on any atom is -0.480 e. The van der Waals surface area contributed by atoms with Crippen molar-refractivity contribution in [2.75, 3.05) is 12.0 Å². The standard InChI is InChI=1S/C18H34N4O6S/c1-6-9(2)14(18(27)28)22-15(24)10(3)20-16(25)12(7-8-29-5)21-17(26)13(19)11(4)23/h9-14,23H,6-8,19H2,1-5H3,(H,20,25)(H,21,26)(H,22,24)(H,27,28). The van der Waals surface area contributed by atoms with Crippen molar-refractivity contribution in [3.05, 3.63) is 0 Å². The highest BCUT2D eigenvalue weighted by Gasteiger charge is 2.30. The lowest BCUT2D eigenvalue weighted by Crippen LogP contribution is -2.58. The maximum absolute atomic E-state index is 12.6. The molecule has 0 rings (SSSR count). The van der Waals surface area contributed by atoms with E-state index in [2.05, 4.69) is 16.0 Å². The van der Waals surface area contributed by atoms with Crippen LogP contribution < -0.4 is 21.7 Å². The van der Waals surface area contributed by atoms with Gasteiger partial charge in [-0.1, -0.05) is 20.3 Å². The smallest absolute Gasteiger partial charge is 0.326 e. The van der Waals surface area contributed by atoms with Crippen LogP contribution in [0.5, 0.6) is 0 Å². The third-order valence-electron chi connectivity index (χ3n) is 4.59. The van der Waals surface area contributed by atoms with E-state index in [4.69, 9.17) is 5.73 Å². The molecular formula is C18H34N4O6S. The lowest BCUT2D eigenvalue weighted by atomic mass is 9.99. The molecule has 29 heavy (non-hydrogen) atoms. The molecule has 0 radical (unpaired) electrons. The number of aliphatic hydroxyl groups excluding tert-OH is 1. The lowest BCUT2D eigenvalue weighted by molar-refractivity contribution is -0.143. The summed E-state index contributed by atoms with van der Waals surface area (Å²) in [4.78, 5) is 48.3. The highest BCUT2D eigenvalue weighted by atomic mass is 32.2. The van der Waals surface area contributed by atoms with Crippen LogP contribution >= 0.6 is 11.8 Å². The van der Waals surface area contributed by atoms with Crippen molar-refractivity contribution in [3.63, 3.8) is 0 Å². The summed E-state index contributed by atoms with van der Waals surface area (Å²) in [5.41, 5.74) is 5.59. The highest BCUT2D eigenvalue weighted by Crippen LogP contribution is 2.08. The van der Waals surface area contributed by atoms with E-state index in [-0.39, 0.29) is 5.92 Å². The molecule has 0 heterocycles. The molecule has 3 amide bonds. The minimum absolute atomic E-state index is 0.282. The van der Waals surface area contributed by atoms with E-state index in [1.54, 1.807) is 6.92 Å². The number of thioether (sulfide) groups is 1. The summed E-state index contributed by atoms with van der Waals surface area (Å²) in [5.74, 6) is -2.78. The molecule has 0 saturated carbocycles. The molecule has 7 N–H and O–H groups in total. The predicted molar refractivity (Wildman–Crippen MR) is 111 cm³/mol. The Morgan fingerprint density at radius 3 is 2.03 bits per heavy atom. The quantitative estimate of drug-likeness (QED) is 0.215. The van der Waals surface area contributed by atoms with Crippen LogP contribution in [0, 0.1) is 5.92 Å². The number of nitrogens with one attached hydrogen (secondary N) is 3. The first-order valence-electron chi connectivity index (χ1n) is 9.52. The van der Waals surface area contributed by atoms with Crippen molar-refractivity contribution in [2.24, 2.45) is 11.7 Å². The van der Waals surface area contributed by atoms with Gasteiger partial charge in [0, 0.05) is 0 Å². The molecule has 6 atom stereocenters. The second-order valence-corrected chi connectivity index (χ2v) is 8.03. The second-order valence-electron chi connectivity index (χ2n) is 7.05. The largest absolute Gasteiger partial charge is 0.480 e. The molecule has 0 spiro atoms. The number of carbonyl (C=O) groups is 4. The average molecular weight is 435 g/mol. The molecule has 168 valence electrons. The summed E-state index contributed by atoms with van der Waals surface area (Å²) in [7, 11) is 0. The summed E-state index contributed by atoms with van der Waals surface area (Å²) in [6.45, 7) is 6.32. The van der Waals surface area contributed by atoms with Crippen LogP contribution in [-0.4, -0.2) is 76.2 Å². The maximum Gasteiger partial charge on any atom is 0.326 e. The minimum atomic E-state index is -1.19. The van der Waals surface area contributed by atoms with Crippen LogP contribution in [0.25, 0.3) is 0 Å². The molecule has 0 aromatic carbocycles. The molecule has 11 heteroatoms. The van der Waals surface area contributed by atoms with E-state index in [0.717, 1.165) is 0 Å². The van der Waals surface area contributed by atoms with Gasteiger partial charge < -0.3 is 31.9 Å². The lowest BCUT2D eigenvalue weighted by Gasteiger charge is -2.25. The molecule has 0 fully saturated rings. The number of amides is 3. The average Bonchev–Trinajstić information content (AvgIpc) is 2.66. The Morgan fingerprint density at radius 1 is 1.00 bits per heavy atom. The van der Waals surface area contributed by atoms with E-state index < -0.39 is 54.0 Å². The van der Waals surface area contributed by atoms with Crippen molar-refractivity contribution < 1.29 is 29.4 Å². The van der Waals surface area contributed by atoms with Gasteiger partial charge in [-0.05, 0) is 38.2 Å². The Kier molecular flexibility index (Phi) is 12.5. The van der Waals surface area contributed by atoms with E-state index in [9.17, 15) is 29.4 Å². The van der Waals surface area contributed by atoms with Crippen molar-refractivity contribution in [1.82, 2.24) is 16.0 Å². The van der Waals surface area contributed by atoms with Crippen molar-refractivity contribution in [3.8, 4) is 0 Å². The number of carboxylic acid groups (broad SMARTS) is 1. The summed E-state index contributed by atoms with van der Waals surface area (Å²) >= 11 is 1.48. The normalized spacial score (nSPS) is 17.2. The Labute approximate surface area is 175 Å². The van der Waals surface area contributed by atoms with Gasteiger partial charge in [-0.25, -0.2) is 4.79 Å². The van der Waals surface area contributed by atoms with Crippen LogP contribution in [0.3, 0.4) is 0 Å². The number of aliphatic hydroxyl groups is 1. The van der Waals surface area contributed by atoms with E-state index in [1.807, 2.05) is 13.2 Å². The third kappa shape index (κ3) is 9.46. The Hall–Kier alpha value is -1.85. The summed E-state index contributed by atoms with van der Waals surface area (Å²) in [6.07, 6.45) is 1.61. The van der Waals surface area contributed by atoms with Gasteiger partial charge in [-0.15, -0.1) is 0 Å². The molecule has 0 aliphatic carbocycles. The molecular weight excluding hydrogens is 400 g/mol. The fourth-order valence-electron chi connectivity index (χ4n) is 2.33. The fourth-order valence-corrected chi connectivity index (χ4v) is 2.80. The van der Waals surface area contributed by atoms with Crippen LogP contribution in [-0.2, 0) is 19.2 Å².